The van der Waals surface area contributed by atoms with Crippen LogP contribution in [-0.2, 0) is 0 Å². The molecule has 50 valence electrons. The standard InChI is InChI=1S/C5H15N3/c1-4(8-2)5(7)3-6/h4-5,8H,3,6-7H2,1-2H3/t4-,5?/m1/s1. The van der Waals surface area contributed by atoms with E-state index in [2.05, 4.69) is 5.32 Å². The molecule has 2 atom stereocenters. The quantitative estimate of drug-likeness (QED) is 0.439. The summed E-state index contributed by atoms with van der Waals surface area (Å²) in [5.74, 6) is 0. The number of likely N-dealkylation sites (N-methyl/N-ethyl adjacent to an activating group) is 1. The molecule has 8 heavy (non-hydrogen) atoms. The summed E-state index contributed by atoms with van der Waals surface area (Å²) in [7, 11) is 1.88. The lowest BCUT2D eigenvalue weighted by Gasteiger charge is -2.16. The van der Waals surface area contributed by atoms with E-state index in [9.17, 15) is 0 Å². The molecule has 0 saturated heterocycles. The van der Waals surface area contributed by atoms with Crippen LogP contribution in [0.2, 0.25) is 0 Å². The molecule has 0 rings (SSSR count). The molecule has 0 amide bonds. The Kier molecular flexibility index (Phi) is 3.77. The van der Waals surface area contributed by atoms with Crippen molar-refractivity contribution in [1.29, 1.82) is 0 Å². The number of hydrogen-bond donors (Lipinski definition) is 3. The van der Waals surface area contributed by atoms with Gasteiger partial charge < -0.3 is 16.8 Å². The van der Waals surface area contributed by atoms with Crippen LogP contribution in [0.25, 0.3) is 0 Å². The molecule has 3 nitrogen and oxygen atoms in total. The van der Waals surface area contributed by atoms with Gasteiger partial charge in [-0.25, -0.2) is 0 Å². The summed E-state index contributed by atoms with van der Waals surface area (Å²) in [6, 6.07) is 0.403. The Labute approximate surface area is 50.4 Å². The second kappa shape index (κ2) is 3.83. The monoisotopic (exact) mass is 117 g/mol. The minimum Gasteiger partial charge on any atom is -0.329 e. The van der Waals surface area contributed by atoms with E-state index >= 15 is 0 Å². The Morgan fingerprint density at radius 2 is 2.12 bits per heavy atom. The SMILES string of the molecule is CN[C@H](C)C(N)CN. The fourth-order valence-electron chi connectivity index (χ4n) is 0.418. The highest BCUT2D eigenvalue weighted by Crippen LogP contribution is 1.82. The van der Waals surface area contributed by atoms with Crippen molar-refractivity contribution < 1.29 is 0 Å². The molecule has 0 saturated carbocycles. The second-order valence-electron chi connectivity index (χ2n) is 1.98. The van der Waals surface area contributed by atoms with Gasteiger partial charge in [0.2, 0.25) is 0 Å². The molecule has 0 radical (unpaired) electrons. The van der Waals surface area contributed by atoms with Crippen molar-refractivity contribution in [2.75, 3.05) is 13.6 Å². The smallest absolute Gasteiger partial charge is 0.0316 e. The first kappa shape index (κ1) is 7.88. The largest absolute Gasteiger partial charge is 0.329 e. The molecule has 0 heterocycles. The van der Waals surface area contributed by atoms with Gasteiger partial charge in [0.05, 0.1) is 0 Å². The molecule has 0 aromatic heterocycles. The summed E-state index contributed by atoms with van der Waals surface area (Å²) in [6.45, 7) is 2.56. The number of hydrogen-bond acceptors (Lipinski definition) is 3. The highest BCUT2D eigenvalue weighted by molar-refractivity contribution is 4.73. The molecular weight excluding hydrogens is 102 g/mol. The van der Waals surface area contributed by atoms with E-state index in [-0.39, 0.29) is 6.04 Å². The Balaban J connectivity index is 3.29. The second-order valence-corrected chi connectivity index (χ2v) is 1.98. The van der Waals surface area contributed by atoms with Gasteiger partial charge in [0.25, 0.3) is 0 Å². The van der Waals surface area contributed by atoms with Crippen molar-refractivity contribution in [2.24, 2.45) is 11.5 Å². The van der Waals surface area contributed by atoms with Crippen molar-refractivity contribution in [2.45, 2.75) is 19.0 Å². The van der Waals surface area contributed by atoms with Crippen molar-refractivity contribution in [3.8, 4) is 0 Å². The summed E-state index contributed by atoms with van der Waals surface area (Å²) in [6.07, 6.45) is 0. The lowest BCUT2D eigenvalue weighted by Crippen LogP contribution is -2.45. The first-order chi connectivity index (χ1) is 3.72. The molecule has 0 aliphatic rings. The molecule has 0 aromatic carbocycles. The van der Waals surface area contributed by atoms with Gasteiger partial charge in [0, 0.05) is 18.6 Å². The summed E-state index contributed by atoms with van der Waals surface area (Å²) < 4.78 is 0. The molecule has 0 fully saturated rings. The van der Waals surface area contributed by atoms with Crippen molar-refractivity contribution in [3.63, 3.8) is 0 Å². The van der Waals surface area contributed by atoms with Crippen LogP contribution in [0.4, 0.5) is 0 Å². The molecule has 1 unspecified atom stereocenters. The summed E-state index contributed by atoms with van der Waals surface area (Å²) >= 11 is 0. The molecular formula is C5H15N3. The highest BCUT2D eigenvalue weighted by Gasteiger charge is 2.05. The average molecular weight is 117 g/mol. The highest BCUT2D eigenvalue weighted by atomic mass is 14.9. The summed E-state index contributed by atoms with van der Waals surface area (Å²) in [4.78, 5) is 0. The maximum Gasteiger partial charge on any atom is 0.0316 e. The molecule has 0 spiro atoms. The third kappa shape index (κ3) is 2.26. The first-order valence-electron chi connectivity index (χ1n) is 2.85. The molecule has 0 aliphatic carbocycles. The molecule has 0 aliphatic heterocycles. The topological polar surface area (TPSA) is 64.1 Å². The Morgan fingerprint density at radius 1 is 1.62 bits per heavy atom. The predicted octanol–water partition coefficient (Wildman–Crippen LogP) is -1.12. The van der Waals surface area contributed by atoms with Crippen LogP contribution in [0.3, 0.4) is 0 Å². The van der Waals surface area contributed by atoms with E-state index in [0.29, 0.717) is 12.6 Å². The van der Waals surface area contributed by atoms with Crippen LogP contribution < -0.4 is 16.8 Å². The lowest BCUT2D eigenvalue weighted by molar-refractivity contribution is 0.497. The zero-order valence-corrected chi connectivity index (χ0v) is 5.52. The zero-order valence-electron chi connectivity index (χ0n) is 5.52. The number of nitrogens with two attached hydrogens (primary N) is 2. The Morgan fingerprint density at radius 3 is 2.25 bits per heavy atom. The van der Waals surface area contributed by atoms with Gasteiger partial charge in [0.15, 0.2) is 0 Å². The minimum atomic E-state index is 0.0833. The predicted molar refractivity (Wildman–Crippen MR) is 35.6 cm³/mol. The van der Waals surface area contributed by atoms with E-state index < -0.39 is 0 Å². The molecule has 0 aromatic rings. The van der Waals surface area contributed by atoms with Gasteiger partial charge in [-0.15, -0.1) is 0 Å². The third-order valence-electron chi connectivity index (χ3n) is 1.37. The maximum absolute atomic E-state index is 5.54. The fraction of sp³-hybridized carbons (Fsp3) is 1.00. The summed E-state index contributed by atoms with van der Waals surface area (Å²) in [5.41, 5.74) is 10.8. The van der Waals surface area contributed by atoms with Crippen LogP contribution in [-0.4, -0.2) is 25.7 Å². The van der Waals surface area contributed by atoms with Gasteiger partial charge in [-0.1, -0.05) is 0 Å². The van der Waals surface area contributed by atoms with E-state index in [1.807, 2.05) is 14.0 Å². The average Bonchev–Trinajstić information content (AvgIpc) is 1.84. The number of nitrogens with one attached hydrogen (secondary N) is 1. The molecule has 5 N–H and O–H groups in total. The van der Waals surface area contributed by atoms with Gasteiger partial charge in [-0.3, -0.25) is 0 Å². The van der Waals surface area contributed by atoms with Crippen molar-refractivity contribution in [3.05, 3.63) is 0 Å². The lowest BCUT2D eigenvalue weighted by atomic mass is 10.2. The van der Waals surface area contributed by atoms with Gasteiger partial charge in [-0.05, 0) is 14.0 Å². The van der Waals surface area contributed by atoms with E-state index in [4.69, 9.17) is 11.5 Å². The Hall–Kier alpha value is -0.120. The maximum atomic E-state index is 5.54. The minimum absolute atomic E-state index is 0.0833. The van der Waals surface area contributed by atoms with Crippen molar-refractivity contribution >= 4 is 0 Å². The summed E-state index contributed by atoms with van der Waals surface area (Å²) in [5, 5.41) is 3.01. The normalized spacial score (nSPS) is 18.0. The van der Waals surface area contributed by atoms with Crippen molar-refractivity contribution in [1.82, 2.24) is 5.32 Å². The molecule has 3 heteroatoms. The van der Waals surface area contributed by atoms with Crippen LogP contribution >= 0.6 is 0 Å². The zero-order chi connectivity index (χ0) is 6.57. The van der Waals surface area contributed by atoms with E-state index in [1.165, 1.54) is 0 Å². The van der Waals surface area contributed by atoms with Crippen LogP contribution in [0.5, 0.6) is 0 Å². The van der Waals surface area contributed by atoms with E-state index in [1.54, 1.807) is 0 Å². The van der Waals surface area contributed by atoms with Crippen LogP contribution in [0.1, 0.15) is 6.92 Å². The van der Waals surface area contributed by atoms with E-state index in [0.717, 1.165) is 0 Å². The van der Waals surface area contributed by atoms with Gasteiger partial charge in [0.1, 0.15) is 0 Å². The van der Waals surface area contributed by atoms with Gasteiger partial charge in [-0.2, -0.15) is 0 Å². The first-order valence-corrected chi connectivity index (χ1v) is 2.85. The fourth-order valence-corrected chi connectivity index (χ4v) is 0.418. The third-order valence-corrected chi connectivity index (χ3v) is 1.37. The number of rotatable bonds is 3. The van der Waals surface area contributed by atoms with Gasteiger partial charge >= 0.3 is 0 Å². The van der Waals surface area contributed by atoms with Crippen LogP contribution in [0, 0.1) is 0 Å². The Bertz CT molecular complexity index is 47.6. The molecule has 0 bridgehead atoms. The van der Waals surface area contributed by atoms with Crippen LogP contribution in [0.15, 0.2) is 0 Å².